The Hall–Kier alpha value is -1.29. The van der Waals surface area contributed by atoms with Crippen molar-refractivity contribution in [1.29, 1.82) is 0 Å². The molecule has 2 aromatic rings. The van der Waals surface area contributed by atoms with Gasteiger partial charge < -0.3 is 0 Å². The van der Waals surface area contributed by atoms with Crippen molar-refractivity contribution in [1.82, 2.24) is 15.4 Å². The number of hydrogen-bond acceptors (Lipinski definition) is 3. The van der Waals surface area contributed by atoms with E-state index in [1.54, 1.807) is 6.20 Å². The molecule has 1 aromatic heterocycles. The number of aromatic nitrogens is 3. The van der Waals surface area contributed by atoms with E-state index in [1.165, 1.54) is 0 Å². The van der Waals surface area contributed by atoms with Crippen LogP contribution in [-0.2, 0) is 0 Å². The van der Waals surface area contributed by atoms with Gasteiger partial charge in [-0.1, -0.05) is 17.3 Å². The average Bonchev–Trinajstić information content (AvgIpc) is 2.56. The van der Waals surface area contributed by atoms with Crippen LogP contribution < -0.4 is 0 Å². The number of benzene rings is 1. The predicted octanol–water partition coefficient (Wildman–Crippen LogP) is 1.76. The molecule has 12 heavy (non-hydrogen) atoms. The van der Waals surface area contributed by atoms with Crippen molar-refractivity contribution >= 4 is 12.6 Å². The summed E-state index contributed by atoms with van der Waals surface area (Å²) >= 11 is 4.23. The zero-order chi connectivity index (χ0) is 8.39. The fraction of sp³-hybridized carbons (Fsp3) is 0. The minimum absolute atomic E-state index is 0.839. The van der Waals surface area contributed by atoms with Gasteiger partial charge in [0.2, 0.25) is 0 Å². The molecule has 1 N–H and O–H groups in total. The SMILES string of the molecule is Sc1cccc(-c2c[nH]nn2)c1. The van der Waals surface area contributed by atoms with Crippen LogP contribution in [0.25, 0.3) is 11.3 Å². The number of nitrogens with one attached hydrogen (secondary N) is 1. The molecule has 60 valence electrons. The molecular weight excluding hydrogens is 170 g/mol. The van der Waals surface area contributed by atoms with Crippen LogP contribution in [0.3, 0.4) is 0 Å². The number of thiol groups is 1. The van der Waals surface area contributed by atoms with E-state index in [4.69, 9.17) is 0 Å². The third-order valence-corrected chi connectivity index (χ3v) is 1.84. The molecule has 0 radical (unpaired) electrons. The first-order chi connectivity index (χ1) is 5.86. The smallest absolute Gasteiger partial charge is 0.112 e. The summed E-state index contributed by atoms with van der Waals surface area (Å²) in [5.74, 6) is 0. The zero-order valence-electron chi connectivity index (χ0n) is 6.23. The Morgan fingerprint density at radius 3 is 2.92 bits per heavy atom. The highest BCUT2D eigenvalue weighted by Gasteiger charge is 1.98. The van der Waals surface area contributed by atoms with Gasteiger partial charge in [0.1, 0.15) is 5.69 Å². The van der Waals surface area contributed by atoms with Crippen LogP contribution in [0.15, 0.2) is 35.4 Å². The Labute approximate surface area is 75.2 Å². The van der Waals surface area contributed by atoms with Crippen LogP contribution in [0.1, 0.15) is 0 Å². The van der Waals surface area contributed by atoms with Gasteiger partial charge in [0, 0.05) is 16.7 Å². The van der Waals surface area contributed by atoms with Crippen LogP contribution in [-0.4, -0.2) is 15.4 Å². The third kappa shape index (κ3) is 1.33. The third-order valence-electron chi connectivity index (χ3n) is 1.56. The minimum atomic E-state index is 0.839. The van der Waals surface area contributed by atoms with E-state index in [0.717, 1.165) is 16.2 Å². The summed E-state index contributed by atoms with van der Waals surface area (Å²) in [6.45, 7) is 0. The van der Waals surface area contributed by atoms with E-state index in [-0.39, 0.29) is 0 Å². The number of hydrogen-bond donors (Lipinski definition) is 2. The van der Waals surface area contributed by atoms with Crippen molar-refractivity contribution in [2.75, 3.05) is 0 Å². The van der Waals surface area contributed by atoms with Crippen LogP contribution >= 0.6 is 12.6 Å². The number of aromatic amines is 1. The normalized spacial score (nSPS) is 10.1. The van der Waals surface area contributed by atoms with Gasteiger partial charge in [-0.15, -0.1) is 17.7 Å². The van der Waals surface area contributed by atoms with Gasteiger partial charge in [0.25, 0.3) is 0 Å². The first-order valence-electron chi connectivity index (χ1n) is 3.52. The van der Waals surface area contributed by atoms with Crippen molar-refractivity contribution in [3.63, 3.8) is 0 Å². The second-order valence-electron chi connectivity index (χ2n) is 2.41. The molecule has 0 atom stereocenters. The van der Waals surface area contributed by atoms with Crippen molar-refractivity contribution < 1.29 is 0 Å². The standard InChI is InChI=1S/C8H7N3S/c12-7-3-1-2-6(4-7)8-5-9-11-10-8/h1-5,12H,(H,9,10,11). The van der Waals surface area contributed by atoms with E-state index >= 15 is 0 Å². The van der Waals surface area contributed by atoms with Gasteiger partial charge in [-0.3, -0.25) is 5.10 Å². The summed E-state index contributed by atoms with van der Waals surface area (Å²) in [7, 11) is 0. The Balaban J connectivity index is 2.48. The van der Waals surface area contributed by atoms with Gasteiger partial charge in [-0.2, -0.15) is 0 Å². The topological polar surface area (TPSA) is 41.6 Å². The summed E-state index contributed by atoms with van der Waals surface area (Å²) in [6.07, 6.45) is 1.75. The second-order valence-corrected chi connectivity index (χ2v) is 2.93. The molecule has 1 aromatic carbocycles. The molecule has 0 saturated carbocycles. The minimum Gasteiger partial charge on any atom is -0.265 e. The summed E-state index contributed by atoms with van der Waals surface area (Å²) in [5, 5.41) is 10.2. The van der Waals surface area contributed by atoms with Crippen LogP contribution in [0, 0.1) is 0 Å². The molecule has 2 rings (SSSR count). The largest absolute Gasteiger partial charge is 0.265 e. The van der Waals surface area contributed by atoms with E-state index < -0.39 is 0 Å². The van der Waals surface area contributed by atoms with Gasteiger partial charge in [0.05, 0.1) is 0 Å². The maximum absolute atomic E-state index is 4.23. The molecular formula is C8H7N3S. The van der Waals surface area contributed by atoms with Crippen LogP contribution in [0.4, 0.5) is 0 Å². The molecule has 0 bridgehead atoms. The Morgan fingerprint density at radius 2 is 2.25 bits per heavy atom. The molecule has 0 spiro atoms. The van der Waals surface area contributed by atoms with Gasteiger partial charge >= 0.3 is 0 Å². The van der Waals surface area contributed by atoms with E-state index in [9.17, 15) is 0 Å². The van der Waals surface area contributed by atoms with E-state index in [0.29, 0.717) is 0 Å². The van der Waals surface area contributed by atoms with Crippen molar-refractivity contribution in [2.24, 2.45) is 0 Å². The van der Waals surface area contributed by atoms with Crippen molar-refractivity contribution in [2.45, 2.75) is 4.90 Å². The highest BCUT2D eigenvalue weighted by molar-refractivity contribution is 7.80. The number of nitrogens with zero attached hydrogens (tertiary/aromatic N) is 2. The molecule has 1 heterocycles. The Morgan fingerprint density at radius 1 is 1.33 bits per heavy atom. The lowest BCUT2D eigenvalue weighted by atomic mass is 10.2. The van der Waals surface area contributed by atoms with Crippen molar-refractivity contribution in [3.8, 4) is 11.3 Å². The summed E-state index contributed by atoms with van der Waals surface area (Å²) in [6, 6.07) is 7.78. The molecule has 4 heteroatoms. The van der Waals surface area contributed by atoms with Gasteiger partial charge in [-0.05, 0) is 12.1 Å². The molecule has 0 fully saturated rings. The zero-order valence-corrected chi connectivity index (χ0v) is 7.12. The van der Waals surface area contributed by atoms with Gasteiger partial charge in [0.15, 0.2) is 0 Å². The van der Waals surface area contributed by atoms with Crippen molar-refractivity contribution in [3.05, 3.63) is 30.5 Å². The molecule has 0 aliphatic heterocycles. The first kappa shape index (κ1) is 7.36. The summed E-state index contributed by atoms with van der Waals surface area (Å²) in [4.78, 5) is 0.926. The maximum Gasteiger partial charge on any atom is 0.112 e. The summed E-state index contributed by atoms with van der Waals surface area (Å²) < 4.78 is 0. The lowest BCUT2D eigenvalue weighted by Gasteiger charge is -1.95. The molecule has 0 aliphatic carbocycles. The molecule has 0 amide bonds. The summed E-state index contributed by atoms with van der Waals surface area (Å²) in [5.41, 5.74) is 1.86. The van der Waals surface area contributed by atoms with Gasteiger partial charge in [-0.25, -0.2) is 0 Å². The monoisotopic (exact) mass is 177 g/mol. The fourth-order valence-electron chi connectivity index (χ4n) is 1.01. The second kappa shape index (κ2) is 2.98. The number of rotatable bonds is 1. The average molecular weight is 177 g/mol. The molecule has 0 saturated heterocycles. The highest BCUT2D eigenvalue weighted by Crippen LogP contribution is 2.18. The van der Waals surface area contributed by atoms with E-state index in [1.807, 2.05) is 24.3 Å². The lowest BCUT2D eigenvalue weighted by Crippen LogP contribution is -1.77. The Kier molecular flexibility index (Phi) is 1.83. The first-order valence-corrected chi connectivity index (χ1v) is 3.97. The lowest BCUT2D eigenvalue weighted by molar-refractivity contribution is 0.942. The molecule has 0 unspecified atom stereocenters. The highest BCUT2D eigenvalue weighted by atomic mass is 32.1. The van der Waals surface area contributed by atoms with Crippen LogP contribution in [0.2, 0.25) is 0 Å². The fourth-order valence-corrected chi connectivity index (χ4v) is 1.23. The van der Waals surface area contributed by atoms with Crippen LogP contribution in [0.5, 0.6) is 0 Å². The van der Waals surface area contributed by atoms with E-state index in [2.05, 4.69) is 28.0 Å². The predicted molar refractivity (Wildman–Crippen MR) is 49.1 cm³/mol. The molecule has 3 nitrogen and oxygen atoms in total. The number of H-pyrrole nitrogens is 1. The molecule has 0 aliphatic rings. The quantitative estimate of drug-likeness (QED) is 0.652. The Bertz CT molecular complexity index is 370. The maximum atomic E-state index is 4.23.